The maximum atomic E-state index is 13.8. The van der Waals surface area contributed by atoms with Gasteiger partial charge in [-0.1, -0.05) is 70.4 Å². The molecule has 210 valence electrons. The van der Waals surface area contributed by atoms with Crippen molar-refractivity contribution in [1.82, 2.24) is 4.57 Å². The van der Waals surface area contributed by atoms with Crippen molar-refractivity contribution in [2.45, 2.75) is 19.6 Å². The predicted molar refractivity (Wildman–Crippen MR) is 161 cm³/mol. The largest absolute Gasteiger partial charge is 0.493 e. The Morgan fingerprint density at radius 1 is 1.00 bits per heavy atom. The third-order valence-electron chi connectivity index (χ3n) is 6.50. The molecule has 2 heterocycles. The maximum absolute atomic E-state index is 13.8. The lowest BCUT2D eigenvalue weighted by Gasteiger charge is -2.24. The van der Waals surface area contributed by atoms with E-state index in [1.54, 1.807) is 74.7 Å². The first-order chi connectivity index (χ1) is 19.7. The third-order valence-corrected chi connectivity index (χ3v) is 8.32. The summed E-state index contributed by atoms with van der Waals surface area (Å²) in [6.07, 6.45) is 1.75. The van der Waals surface area contributed by atoms with Crippen LogP contribution in [0, 0.1) is 0 Å². The van der Waals surface area contributed by atoms with Crippen LogP contribution in [0.3, 0.4) is 0 Å². The van der Waals surface area contributed by atoms with Gasteiger partial charge in [0, 0.05) is 20.6 Å². The fourth-order valence-electron chi connectivity index (χ4n) is 4.49. The first-order valence-electron chi connectivity index (χ1n) is 12.3. The molecule has 1 aliphatic heterocycles. The summed E-state index contributed by atoms with van der Waals surface area (Å²) >= 11 is 19.6. The molecule has 0 aliphatic carbocycles. The van der Waals surface area contributed by atoms with Crippen LogP contribution in [-0.4, -0.2) is 24.8 Å². The van der Waals surface area contributed by atoms with Crippen molar-refractivity contribution in [3.05, 3.63) is 123 Å². The zero-order valence-electron chi connectivity index (χ0n) is 22.1. The van der Waals surface area contributed by atoms with Crippen molar-refractivity contribution in [1.29, 1.82) is 0 Å². The summed E-state index contributed by atoms with van der Waals surface area (Å²) in [5.41, 5.74) is 2.68. The molecule has 0 amide bonds. The van der Waals surface area contributed by atoms with E-state index < -0.39 is 12.0 Å². The average molecular weight is 630 g/mol. The molecule has 0 bridgehead atoms. The highest BCUT2D eigenvalue weighted by atomic mass is 35.5. The Balaban J connectivity index is 1.53. The van der Waals surface area contributed by atoms with E-state index in [4.69, 9.17) is 49.0 Å². The van der Waals surface area contributed by atoms with E-state index in [-0.39, 0.29) is 17.7 Å². The average Bonchev–Trinajstić information content (AvgIpc) is 3.26. The molecule has 0 N–H and O–H groups in total. The Morgan fingerprint density at radius 2 is 1.73 bits per heavy atom. The second kappa shape index (κ2) is 12.1. The van der Waals surface area contributed by atoms with Gasteiger partial charge in [-0.2, -0.15) is 0 Å². The molecule has 4 aromatic rings. The molecule has 0 spiro atoms. The highest BCUT2D eigenvalue weighted by Crippen LogP contribution is 2.32. The molecule has 5 rings (SSSR count). The first kappa shape index (κ1) is 29.0. The quantitative estimate of drug-likeness (QED) is 0.236. The molecule has 11 heteroatoms. The van der Waals surface area contributed by atoms with Crippen LogP contribution in [-0.2, 0) is 16.1 Å². The number of allylic oxidation sites excluding steroid dienone is 1. The van der Waals surface area contributed by atoms with Gasteiger partial charge in [0.2, 0.25) is 0 Å². The molecule has 0 saturated carbocycles. The summed E-state index contributed by atoms with van der Waals surface area (Å²) in [6.45, 7) is 1.95. The molecular weight excluding hydrogens is 607 g/mol. The molecule has 0 saturated heterocycles. The summed E-state index contributed by atoms with van der Waals surface area (Å²) in [7, 11) is 2.84. The van der Waals surface area contributed by atoms with Gasteiger partial charge in [0.05, 0.1) is 36.1 Å². The number of thiazole rings is 1. The van der Waals surface area contributed by atoms with E-state index in [0.29, 0.717) is 47.2 Å². The van der Waals surface area contributed by atoms with E-state index in [9.17, 15) is 9.59 Å². The van der Waals surface area contributed by atoms with Crippen molar-refractivity contribution >= 4 is 58.2 Å². The number of fused-ring (bicyclic) bond motifs is 1. The molecule has 0 unspecified atom stereocenters. The molecule has 3 aromatic carbocycles. The molecule has 1 aliphatic rings. The van der Waals surface area contributed by atoms with Gasteiger partial charge in [-0.05, 0) is 60.5 Å². The monoisotopic (exact) mass is 628 g/mol. The lowest BCUT2D eigenvalue weighted by molar-refractivity contribution is -0.136. The third kappa shape index (κ3) is 5.92. The number of esters is 1. The van der Waals surface area contributed by atoms with E-state index in [0.717, 1.165) is 11.1 Å². The van der Waals surface area contributed by atoms with Crippen LogP contribution >= 0.6 is 46.1 Å². The number of rotatable bonds is 7. The van der Waals surface area contributed by atoms with Crippen molar-refractivity contribution in [3.8, 4) is 11.5 Å². The van der Waals surface area contributed by atoms with Gasteiger partial charge in [-0.15, -0.1) is 0 Å². The lowest BCUT2D eigenvalue weighted by atomic mass is 9.96. The first-order valence-corrected chi connectivity index (χ1v) is 14.3. The van der Waals surface area contributed by atoms with Crippen molar-refractivity contribution in [3.63, 3.8) is 0 Å². The second-order valence-electron chi connectivity index (χ2n) is 9.06. The topological polar surface area (TPSA) is 79.1 Å². The van der Waals surface area contributed by atoms with Crippen LogP contribution in [0.5, 0.6) is 11.5 Å². The second-order valence-corrected chi connectivity index (χ2v) is 11.3. The van der Waals surface area contributed by atoms with Gasteiger partial charge in [0.1, 0.15) is 6.61 Å². The Bertz CT molecular complexity index is 1860. The Hall–Kier alpha value is -3.56. The number of ether oxygens (including phenoxy) is 3. The van der Waals surface area contributed by atoms with Crippen LogP contribution in [0.15, 0.2) is 81.7 Å². The minimum absolute atomic E-state index is 0.219. The minimum atomic E-state index is -0.719. The van der Waals surface area contributed by atoms with Gasteiger partial charge in [0.15, 0.2) is 16.3 Å². The summed E-state index contributed by atoms with van der Waals surface area (Å²) < 4.78 is 18.5. The molecule has 7 nitrogen and oxygen atoms in total. The number of nitrogens with zero attached hydrogens (tertiary/aromatic N) is 2. The van der Waals surface area contributed by atoms with Crippen molar-refractivity contribution < 1.29 is 19.0 Å². The highest BCUT2D eigenvalue weighted by Gasteiger charge is 2.33. The Kier molecular flexibility index (Phi) is 8.56. The maximum Gasteiger partial charge on any atom is 0.338 e. The van der Waals surface area contributed by atoms with Crippen LogP contribution in [0.2, 0.25) is 15.1 Å². The molecule has 41 heavy (non-hydrogen) atoms. The molecule has 0 fully saturated rings. The van der Waals surface area contributed by atoms with E-state index in [1.807, 2.05) is 6.07 Å². The molecule has 0 radical (unpaired) electrons. The molecule has 1 aromatic heterocycles. The standard InChI is InChI=1S/C30H23Cl3N2O5S/c1-16-26(29(37)39-3)27(18-5-8-20(31)9-6-18)35-28(36)25(41-30(35)34-16)13-17-4-11-23(24(12-17)38-2)40-15-19-7-10-21(32)14-22(19)33/h4-14,27H,15H2,1-3H3/b25-13-/t27-/m1/s1. The summed E-state index contributed by atoms with van der Waals surface area (Å²) in [4.78, 5) is 31.6. The fourth-order valence-corrected chi connectivity index (χ4v) is 6.13. The van der Waals surface area contributed by atoms with Gasteiger partial charge >= 0.3 is 5.97 Å². The normalized spacial score (nSPS) is 14.9. The number of carbonyl (C=O) groups excluding carboxylic acids is 1. The Morgan fingerprint density at radius 3 is 2.41 bits per heavy atom. The van der Waals surface area contributed by atoms with Crippen molar-refractivity contribution in [2.24, 2.45) is 4.99 Å². The minimum Gasteiger partial charge on any atom is -0.493 e. The van der Waals surface area contributed by atoms with E-state index in [2.05, 4.69) is 4.99 Å². The fraction of sp³-hybridized carbons (Fsp3) is 0.167. The summed E-state index contributed by atoms with van der Waals surface area (Å²) in [6, 6.07) is 16.8. The van der Waals surface area contributed by atoms with E-state index in [1.165, 1.54) is 23.0 Å². The van der Waals surface area contributed by atoms with Crippen molar-refractivity contribution in [2.75, 3.05) is 14.2 Å². The Labute approximate surface area is 254 Å². The number of halogens is 3. The SMILES string of the molecule is COC(=O)C1=C(C)N=c2s/c(=C\c3ccc(OCc4ccc(Cl)cc4Cl)c(OC)c3)c(=O)n2[C@@H]1c1ccc(Cl)cc1. The number of benzene rings is 3. The summed E-state index contributed by atoms with van der Waals surface area (Å²) in [5.74, 6) is 0.443. The number of carbonyl (C=O) groups is 1. The van der Waals surface area contributed by atoms with Gasteiger partial charge < -0.3 is 14.2 Å². The number of hydrogen-bond donors (Lipinski definition) is 0. The molecular formula is C30H23Cl3N2O5S. The number of aromatic nitrogens is 1. The zero-order chi connectivity index (χ0) is 29.3. The van der Waals surface area contributed by atoms with Crippen LogP contribution < -0.4 is 24.4 Å². The molecule has 1 atom stereocenters. The smallest absolute Gasteiger partial charge is 0.338 e. The predicted octanol–water partition coefficient (Wildman–Crippen LogP) is 5.96. The zero-order valence-corrected chi connectivity index (χ0v) is 25.2. The lowest BCUT2D eigenvalue weighted by Crippen LogP contribution is -2.39. The highest BCUT2D eigenvalue weighted by molar-refractivity contribution is 7.07. The van der Waals surface area contributed by atoms with Crippen LogP contribution in [0.4, 0.5) is 0 Å². The van der Waals surface area contributed by atoms with Crippen LogP contribution in [0.1, 0.15) is 29.7 Å². The number of hydrogen-bond acceptors (Lipinski definition) is 7. The van der Waals surface area contributed by atoms with Gasteiger partial charge in [-0.3, -0.25) is 9.36 Å². The van der Waals surface area contributed by atoms with Crippen LogP contribution in [0.25, 0.3) is 6.08 Å². The van der Waals surface area contributed by atoms with E-state index >= 15 is 0 Å². The van der Waals surface area contributed by atoms with Gasteiger partial charge in [0.25, 0.3) is 5.56 Å². The number of methoxy groups -OCH3 is 2. The van der Waals surface area contributed by atoms with Gasteiger partial charge in [-0.25, -0.2) is 9.79 Å². The summed E-state index contributed by atoms with van der Waals surface area (Å²) in [5, 5.41) is 1.59.